The number of carbonyl (C=O) groups excluding carboxylic acids is 1. The molecule has 0 aliphatic carbocycles. The van der Waals surface area contributed by atoms with E-state index in [9.17, 15) is 22.8 Å². The van der Waals surface area contributed by atoms with Crippen molar-refractivity contribution in [1.29, 1.82) is 0 Å². The number of hydrogen-bond donors (Lipinski definition) is 1. The van der Waals surface area contributed by atoms with Crippen LogP contribution in [-0.4, -0.2) is 41.1 Å². The minimum atomic E-state index is -4.58. The predicted octanol–water partition coefficient (Wildman–Crippen LogP) is 2.65. The van der Waals surface area contributed by atoms with Crippen LogP contribution >= 0.6 is 0 Å². The summed E-state index contributed by atoms with van der Waals surface area (Å²) in [5, 5.41) is 8.80. The maximum Gasteiger partial charge on any atom is 0.396 e. The zero-order valence-electron chi connectivity index (χ0n) is 11.6. The Bertz CT molecular complexity index is 502. The van der Waals surface area contributed by atoms with Gasteiger partial charge in [-0.05, 0) is 12.5 Å². The highest BCUT2D eigenvalue weighted by Crippen LogP contribution is 2.37. The fourth-order valence-corrected chi connectivity index (χ4v) is 1.81. The molecule has 7 heteroatoms. The summed E-state index contributed by atoms with van der Waals surface area (Å²) in [7, 11) is 1.18. The summed E-state index contributed by atoms with van der Waals surface area (Å²) < 4.78 is 39.3. The van der Waals surface area contributed by atoms with Crippen LogP contribution < -0.4 is 0 Å². The van der Waals surface area contributed by atoms with Crippen molar-refractivity contribution in [1.82, 2.24) is 4.90 Å². The largest absolute Gasteiger partial charge is 0.480 e. The number of likely N-dealkylation sites (N-methyl/N-ethyl adjacent to an activating group) is 1. The van der Waals surface area contributed by atoms with Gasteiger partial charge in [-0.1, -0.05) is 30.3 Å². The Labute approximate surface area is 120 Å². The number of carbonyl (C=O) groups is 2. The molecule has 0 fully saturated rings. The number of carboxylic acids is 1. The van der Waals surface area contributed by atoms with Crippen molar-refractivity contribution >= 4 is 11.9 Å². The highest BCUT2D eigenvalue weighted by Gasteiger charge is 2.42. The third kappa shape index (κ3) is 4.47. The van der Waals surface area contributed by atoms with Gasteiger partial charge in [-0.15, -0.1) is 0 Å². The molecule has 1 aromatic rings. The summed E-state index contributed by atoms with van der Waals surface area (Å²) in [6, 6.07) is 5.92. The van der Waals surface area contributed by atoms with Crippen LogP contribution in [0.25, 0.3) is 0 Å². The third-order valence-corrected chi connectivity index (χ3v) is 3.31. The molecule has 0 saturated heterocycles. The van der Waals surface area contributed by atoms with Gasteiger partial charge in [-0.2, -0.15) is 13.2 Å². The van der Waals surface area contributed by atoms with Crippen LogP contribution in [0.1, 0.15) is 24.8 Å². The summed E-state index contributed by atoms with van der Waals surface area (Å²) >= 11 is 0. The van der Waals surface area contributed by atoms with E-state index in [4.69, 9.17) is 5.11 Å². The molecule has 4 nitrogen and oxygen atoms in total. The molecular formula is C14H16F3NO3. The molecule has 0 heterocycles. The van der Waals surface area contributed by atoms with Gasteiger partial charge in [0.1, 0.15) is 6.04 Å². The first-order valence-electron chi connectivity index (χ1n) is 6.24. The average molecular weight is 303 g/mol. The summed E-state index contributed by atoms with van der Waals surface area (Å²) in [6.07, 6.45) is -5.40. The summed E-state index contributed by atoms with van der Waals surface area (Å²) in [5.74, 6) is -4.08. The van der Waals surface area contributed by atoms with E-state index in [-0.39, 0.29) is 5.56 Å². The lowest BCUT2D eigenvalue weighted by Crippen LogP contribution is -2.41. The van der Waals surface area contributed by atoms with E-state index in [2.05, 4.69) is 0 Å². The third-order valence-electron chi connectivity index (χ3n) is 3.31. The van der Waals surface area contributed by atoms with Crippen molar-refractivity contribution in [3.8, 4) is 0 Å². The summed E-state index contributed by atoms with van der Waals surface area (Å²) in [6.45, 7) is 1.24. The van der Waals surface area contributed by atoms with Crippen LogP contribution in [-0.2, 0) is 9.59 Å². The standard InChI is InChI=1S/C14H16F3NO3/c1-9(13(20)21)18(2)12(19)8-11(14(15,16)17)10-6-4-3-5-7-10/h3-7,9,11H,8H2,1-2H3,(H,20,21). The second-order valence-corrected chi connectivity index (χ2v) is 4.73. The molecule has 0 aliphatic heterocycles. The fraction of sp³-hybridized carbons (Fsp3) is 0.429. The van der Waals surface area contributed by atoms with Gasteiger partial charge in [0.05, 0.1) is 5.92 Å². The second-order valence-electron chi connectivity index (χ2n) is 4.73. The molecule has 0 aromatic heterocycles. The maximum atomic E-state index is 13.1. The van der Waals surface area contributed by atoms with Gasteiger partial charge in [-0.3, -0.25) is 4.79 Å². The first-order chi connectivity index (χ1) is 9.64. The minimum Gasteiger partial charge on any atom is -0.480 e. The van der Waals surface area contributed by atoms with E-state index in [0.717, 1.165) is 4.90 Å². The van der Waals surface area contributed by atoms with Crippen molar-refractivity contribution in [2.45, 2.75) is 31.5 Å². The van der Waals surface area contributed by atoms with E-state index in [1.807, 2.05) is 0 Å². The fourth-order valence-electron chi connectivity index (χ4n) is 1.81. The Kier molecular flexibility index (Phi) is 5.34. The molecule has 2 atom stereocenters. The molecule has 0 radical (unpaired) electrons. The van der Waals surface area contributed by atoms with E-state index < -0.39 is 36.4 Å². The first kappa shape index (κ1) is 17.0. The molecule has 116 valence electrons. The molecule has 21 heavy (non-hydrogen) atoms. The molecule has 0 spiro atoms. The molecule has 0 bridgehead atoms. The Balaban J connectivity index is 2.94. The number of carboxylic acid groups (broad SMARTS) is 1. The molecule has 1 amide bonds. The topological polar surface area (TPSA) is 57.6 Å². The van der Waals surface area contributed by atoms with Gasteiger partial charge in [0.15, 0.2) is 0 Å². The van der Waals surface area contributed by atoms with Crippen molar-refractivity contribution in [2.75, 3.05) is 7.05 Å². The monoisotopic (exact) mass is 303 g/mol. The smallest absolute Gasteiger partial charge is 0.396 e. The van der Waals surface area contributed by atoms with Crippen LogP contribution in [0.5, 0.6) is 0 Å². The summed E-state index contributed by atoms with van der Waals surface area (Å²) in [5.41, 5.74) is -0.0188. The number of benzene rings is 1. The molecular weight excluding hydrogens is 287 g/mol. The van der Waals surface area contributed by atoms with E-state index in [1.165, 1.54) is 38.2 Å². The van der Waals surface area contributed by atoms with E-state index in [0.29, 0.717) is 0 Å². The van der Waals surface area contributed by atoms with Gasteiger partial charge in [0.25, 0.3) is 0 Å². The SMILES string of the molecule is CC(C(=O)O)N(C)C(=O)CC(c1ccccc1)C(F)(F)F. The van der Waals surface area contributed by atoms with Crippen LogP contribution in [0, 0.1) is 0 Å². The second kappa shape index (κ2) is 6.60. The van der Waals surface area contributed by atoms with Gasteiger partial charge in [-0.25, -0.2) is 4.79 Å². The number of hydrogen-bond acceptors (Lipinski definition) is 2. The van der Waals surface area contributed by atoms with Gasteiger partial charge in [0.2, 0.25) is 5.91 Å². The number of amides is 1. The zero-order chi connectivity index (χ0) is 16.2. The quantitative estimate of drug-likeness (QED) is 0.910. The number of nitrogens with zero attached hydrogens (tertiary/aromatic N) is 1. The molecule has 2 unspecified atom stereocenters. The Morgan fingerprint density at radius 1 is 1.24 bits per heavy atom. The normalized spacial score (nSPS) is 14.3. The predicted molar refractivity (Wildman–Crippen MR) is 69.7 cm³/mol. The minimum absolute atomic E-state index is 0.0188. The molecule has 1 rings (SSSR count). The van der Waals surface area contributed by atoms with Crippen LogP contribution in [0.2, 0.25) is 0 Å². The molecule has 1 N–H and O–H groups in total. The molecule has 0 saturated carbocycles. The average Bonchev–Trinajstić information content (AvgIpc) is 2.42. The highest BCUT2D eigenvalue weighted by molar-refractivity contribution is 5.83. The van der Waals surface area contributed by atoms with Crippen molar-refractivity contribution in [3.63, 3.8) is 0 Å². The van der Waals surface area contributed by atoms with Crippen LogP contribution in [0.3, 0.4) is 0 Å². The van der Waals surface area contributed by atoms with Crippen molar-refractivity contribution < 1.29 is 27.9 Å². The van der Waals surface area contributed by atoms with E-state index in [1.54, 1.807) is 6.07 Å². The van der Waals surface area contributed by atoms with Gasteiger partial charge >= 0.3 is 12.1 Å². The number of aliphatic carboxylic acids is 1. The number of alkyl halides is 3. The first-order valence-corrected chi connectivity index (χ1v) is 6.24. The highest BCUT2D eigenvalue weighted by atomic mass is 19.4. The zero-order valence-corrected chi connectivity index (χ0v) is 11.6. The lowest BCUT2D eigenvalue weighted by molar-refractivity contribution is -0.162. The molecule has 1 aromatic carbocycles. The van der Waals surface area contributed by atoms with Crippen molar-refractivity contribution in [3.05, 3.63) is 35.9 Å². The Morgan fingerprint density at radius 2 is 1.76 bits per heavy atom. The van der Waals surface area contributed by atoms with Crippen LogP contribution in [0.15, 0.2) is 30.3 Å². The van der Waals surface area contributed by atoms with Gasteiger partial charge in [0, 0.05) is 13.5 Å². The lowest BCUT2D eigenvalue weighted by Gasteiger charge is -2.26. The maximum absolute atomic E-state index is 13.1. The van der Waals surface area contributed by atoms with Crippen LogP contribution in [0.4, 0.5) is 13.2 Å². The number of rotatable bonds is 5. The Hall–Kier alpha value is -2.05. The summed E-state index contributed by atoms with van der Waals surface area (Å²) in [4.78, 5) is 23.5. The number of halogens is 3. The lowest BCUT2D eigenvalue weighted by atomic mass is 9.94. The van der Waals surface area contributed by atoms with Gasteiger partial charge < -0.3 is 10.0 Å². The Morgan fingerprint density at radius 3 is 2.19 bits per heavy atom. The van der Waals surface area contributed by atoms with Crippen molar-refractivity contribution in [2.24, 2.45) is 0 Å². The molecule has 0 aliphatic rings. The van der Waals surface area contributed by atoms with E-state index >= 15 is 0 Å².